The largest absolute Gasteiger partial charge is 0.418 e. The number of halogens is 4. The van der Waals surface area contributed by atoms with Crippen molar-refractivity contribution in [2.75, 3.05) is 5.32 Å². The van der Waals surface area contributed by atoms with E-state index in [4.69, 9.17) is 5.26 Å². The van der Waals surface area contributed by atoms with Crippen LogP contribution in [0.4, 0.5) is 24.5 Å². The van der Waals surface area contributed by atoms with Crippen LogP contribution in [-0.2, 0) is 6.18 Å². The van der Waals surface area contributed by atoms with Crippen molar-refractivity contribution in [2.24, 2.45) is 0 Å². The van der Waals surface area contributed by atoms with Crippen LogP contribution in [0.3, 0.4) is 0 Å². The lowest BCUT2D eigenvalue weighted by atomic mass is 10.1. The van der Waals surface area contributed by atoms with E-state index in [-0.39, 0.29) is 11.3 Å². The fourth-order valence-electron chi connectivity index (χ4n) is 1.70. The second kappa shape index (κ2) is 5.55. The number of nitrogens with zero attached hydrogens (tertiary/aromatic N) is 1. The molecule has 0 radical (unpaired) electrons. The van der Waals surface area contributed by atoms with Gasteiger partial charge in [-0.1, -0.05) is 28.1 Å². The standard InChI is InChI=1S/C14H8BrF3N2/c15-10-6-5-9(8-19)13(7-10)20-12-4-2-1-3-11(12)14(16,17)18/h1-7,20H. The van der Waals surface area contributed by atoms with Gasteiger partial charge >= 0.3 is 6.18 Å². The second-order valence-corrected chi connectivity index (χ2v) is 4.89. The Morgan fingerprint density at radius 2 is 1.75 bits per heavy atom. The molecule has 0 bridgehead atoms. The molecular weight excluding hydrogens is 333 g/mol. The minimum atomic E-state index is -4.46. The van der Waals surface area contributed by atoms with Crippen LogP contribution in [0, 0.1) is 11.3 Å². The van der Waals surface area contributed by atoms with Crippen LogP contribution in [0.2, 0.25) is 0 Å². The zero-order valence-electron chi connectivity index (χ0n) is 10.0. The number of nitrogens with one attached hydrogen (secondary N) is 1. The molecule has 0 spiro atoms. The summed E-state index contributed by atoms with van der Waals surface area (Å²) in [5.41, 5.74) is -0.276. The average molecular weight is 341 g/mol. The number of rotatable bonds is 2. The number of alkyl halides is 3. The quantitative estimate of drug-likeness (QED) is 0.827. The van der Waals surface area contributed by atoms with Crippen molar-refractivity contribution in [1.29, 1.82) is 5.26 Å². The first kappa shape index (κ1) is 14.4. The van der Waals surface area contributed by atoms with Crippen molar-refractivity contribution in [2.45, 2.75) is 6.18 Å². The van der Waals surface area contributed by atoms with Crippen LogP contribution in [0.1, 0.15) is 11.1 Å². The van der Waals surface area contributed by atoms with Crippen molar-refractivity contribution in [3.63, 3.8) is 0 Å². The van der Waals surface area contributed by atoms with Crippen molar-refractivity contribution in [1.82, 2.24) is 0 Å². The van der Waals surface area contributed by atoms with E-state index in [0.29, 0.717) is 10.2 Å². The molecule has 102 valence electrons. The van der Waals surface area contributed by atoms with Crippen LogP contribution < -0.4 is 5.32 Å². The number of nitriles is 1. The minimum absolute atomic E-state index is 0.0883. The molecule has 0 aliphatic rings. The van der Waals surface area contributed by atoms with Gasteiger partial charge in [0.15, 0.2) is 0 Å². The minimum Gasteiger partial charge on any atom is -0.354 e. The Morgan fingerprint density at radius 1 is 1.05 bits per heavy atom. The summed E-state index contributed by atoms with van der Waals surface area (Å²) in [6.45, 7) is 0. The summed E-state index contributed by atoms with van der Waals surface area (Å²) in [6.07, 6.45) is -4.46. The summed E-state index contributed by atoms with van der Waals surface area (Å²) in [7, 11) is 0. The summed E-state index contributed by atoms with van der Waals surface area (Å²) in [4.78, 5) is 0. The van der Waals surface area contributed by atoms with E-state index in [0.717, 1.165) is 6.07 Å². The molecule has 0 aromatic heterocycles. The fourth-order valence-corrected chi connectivity index (χ4v) is 2.06. The lowest BCUT2D eigenvalue weighted by Gasteiger charge is -2.15. The van der Waals surface area contributed by atoms with Crippen molar-refractivity contribution in [3.05, 3.63) is 58.1 Å². The Labute approximate surface area is 122 Å². The molecular formula is C14H8BrF3N2. The number of para-hydroxylation sites is 1. The molecule has 0 saturated heterocycles. The van der Waals surface area contributed by atoms with E-state index < -0.39 is 11.7 Å². The Bertz CT molecular complexity index is 675. The maximum Gasteiger partial charge on any atom is 0.418 e. The molecule has 2 aromatic carbocycles. The van der Waals surface area contributed by atoms with Gasteiger partial charge in [0.1, 0.15) is 6.07 Å². The predicted octanol–water partition coefficient (Wildman–Crippen LogP) is 5.08. The second-order valence-electron chi connectivity index (χ2n) is 3.97. The van der Waals surface area contributed by atoms with Gasteiger partial charge in [-0.25, -0.2) is 0 Å². The number of hydrogen-bond donors (Lipinski definition) is 1. The number of hydrogen-bond acceptors (Lipinski definition) is 2. The molecule has 0 aliphatic carbocycles. The number of anilines is 2. The van der Waals surface area contributed by atoms with Gasteiger partial charge in [0.05, 0.1) is 22.5 Å². The zero-order valence-corrected chi connectivity index (χ0v) is 11.6. The predicted molar refractivity (Wildman–Crippen MR) is 73.6 cm³/mol. The Hall–Kier alpha value is -2.00. The summed E-state index contributed by atoms with van der Waals surface area (Å²) < 4.78 is 39.4. The molecule has 1 N–H and O–H groups in total. The van der Waals surface area contributed by atoms with Gasteiger partial charge < -0.3 is 5.32 Å². The molecule has 0 atom stereocenters. The van der Waals surface area contributed by atoms with Crippen LogP contribution >= 0.6 is 15.9 Å². The normalized spacial score (nSPS) is 10.9. The highest BCUT2D eigenvalue weighted by Gasteiger charge is 2.33. The van der Waals surface area contributed by atoms with E-state index in [2.05, 4.69) is 21.2 Å². The summed E-state index contributed by atoms with van der Waals surface area (Å²) in [5, 5.41) is 11.7. The van der Waals surface area contributed by atoms with Crippen molar-refractivity contribution < 1.29 is 13.2 Å². The Balaban J connectivity index is 2.46. The monoisotopic (exact) mass is 340 g/mol. The third kappa shape index (κ3) is 3.11. The molecule has 2 aromatic rings. The maximum absolute atomic E-state index is 12.9. The smallest absolute Gasteiger partial charge is 0.354 e. The average Bonchev–Trinajstić information content (AvgIpc) is 2.38. The van der Waals surface area contributed by atoms with Gasteiger partial charge in [0.2, 0.25) is 0 Å². The van der Waals surface area contributed by atoms with Gasteiger partial charge in [-0.2, -0.15) is 18.4 Å². The summed E-state index contributed by atoms with van der Waals surface area (Å²) >= 11 is 3.23. The van der Waals surface area contributed by atoms with Crippen molar-refractivity contribution in [3.8, 4) is 6.07 Å². The van der Waals surface area contributed by atoms with Gasteiger partial charge in [0.25, 0.3) is 0 Å². The molecule has 0 fully saturated rings. The molecule has 0 heterocycles. The third-order valence-corrected chi connectivity index (χ3v) is 3.10. The highest BCUT2D eigenvalue weighted by Crippen LogP contribution is 2.36. The van der Waals surface area contributed by atoms with Gasteiger partial charge in [-0.05, 0) is 30.3 Å². The lowest BCUT2D eigenvalue weighted by Crippen LogP contribution is -2.08. The zero-order chi connectivity index (χ0) is 14.8. The van der Waals surface area contributed by atoms with Crippen LogP contribution in [0.15, 0.2) is 46.9 Å². The first-order chi connectivity index (χ1) is 9.41. The first-order valence-electron chi connectivity index (χ1n) is 5.54. The first-order valence-corrected chi connectivity index (χ1v) is 6.34. The Morgan fingerprint density at radius 3 is 2.40 bits per heavy atom. The third-order valence-electron chi connectivity index (χ3n) is 2.60. The summed E-state index contributed by atoms with van der Waals surface area (Å²) in [6, 6.07) is 11.8. The molecule has 0 unspecified atom stereocenters. The van der Waals surface area contributed by atoms with Gasteiger partial charge in [-0.3, -0.25) is 0 Å². The van der Waals surface area contributed by atoms with Crippen LogP contribution in [0.5, 0.6) is 0 Å². The van der Waals surface area contributed by atoms with Crippen molar-refractivity contribution >= 4 is 27.3 Å². The number of benzene rings is 2. The molecule has 0 aliphatic heterocycles. The molecule has 2 rings (SSSR count). The SMILES string of the molecule is N#Cc1ccc(Br)cc1Nc1ccccc1C(F)(F)F. The maximum atomic E-state index is 12.9. The molecule has 20 heavy (non-hydrogen) atoms. The molecule has 0 amide bonds. The van der Waals surface area contributed by atoms with Gasteiger partial charge in [-0.15, -0.1) is 0 Å². The van der Waals surface area contributed by atoms with E-state index in [1.807, 2.05) is 6.07 Å². The van der Waals surface area contributed by atoms with E-state index in [1.165, 1.54) is 24.3 Å². The van der Waals surface area contributed by atoms with E-state index in [1.54, 1.807) is 12.1 Å². The Kier molecular flexibility index (Phi) is 4.00. The fraction of sp³-hybridized carbons (Fsp3) is 0.0714. The highest BCUT2D eigenvalue weighted by atomic mass is 79.9. The molecule has 2 nitrogen and oxygen atoms in total. The van der Waals surface area contributed by atoms with E-state index >= 15 is 0 Å². The lowest BCUT2D eigenvalue weighted by molar-refractivity contribution is -0.136. The molecule has 0 saturated carbocycles. The van der Waals surface area contributed by atoms with Crippen LogP contribution in [-0.4, -0.2) is 0 Å². The van der Waals surface area contributed by atoms with Crippen LogP contribution in [0.25, 0.3) is 0 Å². The summed E-state index contributed by atoms with van der Waals surface area (Å²) in [5.74, 6) is 0. The topological polar surface area (TPSA) is 35.8 Å². The van der Waals surface area contributed by atoms with E-state index in [9.17, 15) is 13.2 Å². The highest BCUT2D eigenvalue weighted by molar-refractivity contribution is 9.10. The van der Waals surface area contributed by atoms with Gasteiger partial charge in [0, 0.05) is 4.47 Å². The molecule has 6 heteroatoms.